The lowest BCUT2D eigenvalue weighted by molar-refractivity contribution is -0.153. The number of nitrogens with one attached hydrogen (secondary N) is 3. The van der Waals surface area contributed by atoms with Crippen molar-refractivity contribution < 1.29 is 37.0 Å². The standard InChI is InChI=1S/C21H43N3O8S/c1-5-21(2,3)19(25)32-14-11-23-20(26)22-9-8-13-30-16-18-31-17-15-29-12-7-6-10-24-33(4,27)28/h24H,5-18H2,1-4H3,(H2,22,23,26). The number of amides is 2. The van der Waals surface area contributed by atoms with E-state index in [1.807, 2.05) is 20.8 Å². The minimum atomic E-state index is -3.12. The Bertz CT molecular complexity index is 629. The van der Waals surface area contributed by atoms with Crippen molar-refractivity contribution in [3.63, 3.8) is 0 Å². The summed E-state index contributed by atoms with van der Waals surface area (Å²) in [7, 11) is -3.12. The minimum Gasteiger partial charge on any atom is -0.463 e. The molecular formula is C21H43N3O8S. The molecule has 0 aromatic heterocycles. The van der Waals surface area contributed by atoms with Crippen molar-refractivity contribution in [2.24, 2.45) is 5.41 Å². The molecule has 0 unspecified atom stereocenters. The molecule has 3 N–H and O–H groups in total. The molecule has 0 spiro atoms. The number of urea groups is 1. The predicted octanol–water partition coefficient (Wildman–Crippen LogP) is 1.03. The lowest BCUT2D eigenvalue weighted by atomic mass is 9.91. The van der Waals surface area contributed by atoms with Gasteiger partial charge in [-0.1, -0.05) is 6.92 Å². The van der Waals surface area contributed by atoms with E-state index in [-0.39, 0.29) is 25.2 Å². The molecule has 0 aliphatic carbocycles. The molecular weight excluding hydrogens is 454 g/mol. The average molecular weight is 498 g/mol. The first-order valence-electron chi connectivity index (χ1n) is 11.5. The number of hydrogen-bond acceptors (Lipinski definition) is 8. The van der Waals surface area contributed by atoms with Crippen molar-refractivity contribution in [2.45, 2.75) is 46.5 Å². The Kier molecular flexibility index (Phi) is 18.1. The first kappa shape index (κ1) is 31.5. The van der Waals surface area contributed by atoms with Gasteiger partial charge in [-0.25, -0.2) is 17.9 Å². The van der Waals surface area contributed by atoms with Crippen LogP contribution in [-0.2, 0) is 33.8 Å². The van der Waals surface area contributed by atoms with Crippen LogP contribution in [0.2, 0.25) is 0 Å². The number of rotatable bonds is 21. The van der Waals surface area contributed by atoms with Crippen molar-refractivity contribution in [3.05, 3.63) is 0 Å². The van der Waals surface area contributed by atoms with Gasteiger partial charge in [-0.3, -0.25) is 4.79 Å². The third-order valence-corrected chi connectivity index (χ3v) is 5.36. The molecule has 0 aromatic rings. The molecule has 0 aliphatic rings. The molecule has 11 nitrogen and oxygen atoms in total. The average Bonchev–Trinajstić information content (AvgIpc) is 2.75. The summed E-state index contributed by atoms with van der Waals surface area (Å²) < 4.78 is 45.6. The van der Waals surface area contributed by atoms with Gasteiger partial charge in [0.2, 0.25) is 10.0 Å². The van der Waals surface area contributed by atoms with Gasteiger partial charge in [-0.2, -0.15) is 0 Å². The van der Waals surface area contributed by atoms with Crippen molar-refractivity contribution >= 4 is 22.0 Å². The zero-order chi connectivity index (χ0) is 25.0. The van der Waals surface area contributed by atoms with Gasteiger partial charge >= 0.3 is 12.0 Å². The fraction of sp³-hybridized carbons (Fsp3) is 0.905. The Balaban J connectivity index is 3.33. The fourth-order valence-corrected chi connectivity index (χ4v) is 2.73. The molecule has 0 aliphatic heterocycles. The number of ether oxygens (including phenoxy) is 4. The van der Waals surface area contributed by atoms with E-state index in [1.54, 1.807) is 0 Å². The van der Waals surface area contributed by atoms with Crippen molar-refractivity contribution in [1.29, 1.82) is 0 Å². The highest BCUT2D eigenvalue weighted by atomic mass is 32.2. The van der Waals surface area contributed by atoms with E-state index in [0.717, 1.165) is 19.1 Å². The van der Waals surface area contributed by atoms with Gasteiger partial charge in [0.25, 0.3) is 0 Å². The summed E-state index contributed by atoms with van der Waals surface area (Å²) in [5, 5.41) is 5.35. The molecule has 0 aromatic carbocycles. The van der Waals surface area contributed by atoms with Crippen LogP contribution < -0.4 is 15.4 Å². The third-order valence-electron chi connectivity index (χ3n) is 4.63. The zero-order valence-corrected chi connectivity index (χ0v) is 21.4. The highest BCUT2D eigenvalue weighted by molar-refractivity contribution is 7.88. The van der Waals surface area contributed by atoms with Crippen LogP contribution in [0.4, 0.5) is 4.79 Å². The fourth-order valence-electron chi connectivity index (χ4n) is 2.22. The summed E-state index contributed by atoms with van der Waals surface area (Å²) in [4.78, 5) is 23.4. The summed E-state index contributed by atoms with van der Waals surface area (Å²) in [5.41, 5.74) is -0.511. The minimum absolute atomic E-state index is 0.146. The maximum Gasteiger partial charge on any atom is 0.314 e. The van der Waals surface area contributed by atoms with E-state index in [1.165, 1.54) is 0 Å². The molecule has 0 saturated heterocycles. The molecule has 12 heteroatoms. The first-order valence-corrected chi connectivity index (χ1v) is 13.3. The largest absolute Gasteiger partial charge is 0.463 e. The topological polar surface area (TPSA) is 141 Å². The van der Waals surface area contributed by atoms with Gasteiger partial charge in [-0.05, 0) is 39.5 Å². The van der Waals surface area contributed by atoms with E-state index in [2.05, 4.69) is 15.4 Å². The van der Waals surface area contributed by atoms with Crippen LogP contribution in [0.15, 0.2) is 0 Å². The van der Waals surface area contributed by atoms with Crippen LogP contribution in [0.1, 0.15) is 46.5 Å². The third kappa shape index (κ3) is 20.8. The van der Waals surface area contributed by atoms with Crippen LogP contribution in [0.25, 0.3) is 0 Å². The van der Waals surface area contributed by atoms with Crippen LogP contribution in [0.5, 0.6) is 0 Å². The maximum absolute atomic E-state index is 11.8. The van der Waals surface area contributed by atoms with Crippen LogP contribution >= 0.6 is 0 Å². The summed E-state index contributed by atoms with van der Waals surface area (Å²) in [6.45, 7) is 9.82. The van der Waals surface area contributed by atoms with Gasteiger partial charge in [0, 0.05) is 26.3 Å². The van der Waals surface area contributed by atoms with Gasteiger partial charge in [0.15, 0.2) is 0 Å². The highest BCUT2D eigenvalue weighted by Gasteiger charge is 2.26. The Labute approximate surface area is 198 Å². The number of unbranched alkanes of at least 4 members (excludes halogenated alkanes) is 1. The van der Waals surface area contributed by atoms with E-state index < -0.39 is 15.4 Å². The van der Waals surface area contributed by atoms with Gasteiger partial charge in [-0.15, -0.1) is 0 Å². The van der Waals surface area contributed by atoms with E-state index >= 15 is 0 Å². The number of carbonyl (C=O) groups excluding carboxylic acids is 2. The SMILES string of the molecule is CCC(C)(C)C(=O)OCCNC(=O)NCCCOCCOCCOCCCCNS(C)(=O)=O. The predicted molar refractivity (Wildman–Crippen MR) is 126 cm³/mol. The second-order valence-corrected chi connectivity index (χ2v) is 9.95. The zero-order valence-electron chi connectivity index (χ0n) is 20.6. The van der Waals surface area contributed by atoms with Crippen molar-refractivity contribution in [2.75, 3.05) is 72.1 Å². The summed E-state index contributed by atoms with van der Waals surface area (Å²) in [6.07, 6.45) is 4.01. The maximum atomic E-state index is 11.8. The summed E-state index contributed by atoms with van der Waals surface area (Å²) in [6, 6.07) is -0.309. The second-order valence-electron chi connectivity index (χ2n) is 8.12. The molecule has 2 amide bonds. The van der Waals surface area contributed by atoms with E-state index in [9.17, 15) is 18.0 Å². The Morgan fingerprint density at radius 3 is 1.88 bits per heavy atom. The highest BCUT2D eigenvalue weighted by Crippen LogP contribution is 2.21. The molecule has 196 valence electrons. The molecule has 0 bridgehead atoms. The number of hydrogen-bond donors (Lipinski definition) is 3. The molecule has 33 heavy (non-hydrogen) atoms. The van der Waals surface area contributed by atoms with Gasteiger partial charge in [0.05, 0.1) is 44.6 Å². The monoisotopic (exact) mass is 497 g/mol. The Morgan fingerprint density at radius 2 is 1.30 bits per heavy atom. The van der Waals surface area contributed by atoms with E-state index in [0.29, 0.717) is 65.6 Å². The first-order chi connectivity index (χ1) is 15.6. The molecule has 0 rings (SSSR count). The molecule has 0 radical (unpaired) electrons. The second kappa shape index (κ2) is 18.9. The molecule has 0 saturated carbocycles. The quantitative estimate of drug-likeness (QED) is 0.158. The normalized spacial score (nSPS) is 11.9. The van der Waals surface area contributed by atoms with Crippen LogP contribution in [0, 0.1) is 5.41 Å². The lowest BCUT2D eigenvalue weighted by Gasteiger charge is -2.20. The number of sulfonamides is 1. The number of esters is 1. The van der Waals surface area contributed by atoms with Crippen LogP contribution in [-0.4, -0.2) is 92.6 Å². The van der Waals surface area contributed by atoms with Gasteiger partial charge < -0.3 is 29.6 Å². The van der Waals surface area contributed by atoms with Crippen molar-refractivity contribution in [1.82, 2.24) is 15.4 Å². The smallest absolute Gasteiger partial charge is 0.314 e. The molecule has 0 fully saturated rings. The van der Waals surface area contributed by atoms with E-state index in [4.69, 9.17) is 18.9 Å². The number of carbonyl (C=O) groups is 2. The Morgan fingerprint density at radius 1 is 0.758 bits per heavy atom. The molecule has 0 atom stereocenters. The molecule has 0 heterocycles. The summed E-state index contributed by atoms with van der Waals surface area (Å²) in [5.74, 6) is -0.266. The van der Waals surface area contributed by atoms with Crippen molar-refractivity contribution in [3.8, 4) is 0 Å². The lowest BCUT2D eigenvalue weighted by Crippen LogP contribution is -2.38. The van der Waals surface area contributed by atoms with Gasteiger partial charge in [0.1, 0.15) is 6.61 Å². The summed E-state index contributed by atoms with van der Waals surface area (Å²) >= 11 is 0. The van der Waals surface area contributed by atoms with Crippen LogP contribution in [0.3, 0.4) is 0 Å². The Hall–Kier alpha value is -1.47.